The van der Waals surface area contributed by atoms with Crippen LogP contribution >= 0.6 is 11.3 Å². The highest BCUT2D eigenvalue weighted by atomic mass is 32.2. The zero-order valence-corrected chi connectivity index (χ0v) is 19.9. The number of hydrogen-bond acceptors (Lipinski definition) is 7. The molecule has 0 spiro atoms. The van der Waals surface area contributed by atoms with Gasteiger partial charge in [-0.15, -0.1) is 24.5 Å². The number of anilines is 1. The van der Waals surface area contributed by atoms with Crippen molar-refractivity contribution in [1.29, 1.82) is 0 Å². The number of ether oxygens (including phenoxy) is 2. The van der Waals surface area contributed by atoms with Gasteiger partial charge in [-0.3, -0.25) is 0 Å². The second-order valence-electron chi connectivity index (χ2n) is 7.90. The van der Waals surface area contributed by atoms with Crippen molar-refractivity contribution >= 4 is 26.3 Å². The SMILES string of the molecule is COc1ccc(Cc2csc(N3CCC(S(=O)(=O)c4ccc(OC(F)(F)F)cc4)CC3)n2)cc1. The first-order chi connectivity index (χ1) is 16.1. The summed E-state index contributed by atoms with van der Waals surface area (Å²) in [4.78, 5) is 6.79. The zero-order valence-electron chi connectivity index (χ0n) is 18.3. The molecular weight excluding hydrogens is 489 g/mol. The smallest absolute Gasteiger partial charge is 0.497 e. The van der Waals surface area contributed by atoms with Gasteiger partial charge in [0.05, 0.1) is 22.9 Å². The maximum Gasteiger partial charge on any atom is 0.573 e. The van der Waals surface area contributed by atoms with Crippen LogP contribution in [-0.2, 0) is 16.3 Å². The summed E-state index contributed by atoms with van der Waals surface area (Å²) < 4.78 is 71.9. The molecule has 1 aliphatic rings. The Kier molecular flexibility index (Phi) is 7.04. The van der Waals surface area contributed by atoms with Crippen molar-refractivity contribution in [2.75, 3.05) is 25.1 Å². The van der Waals surface area contributed by atoms with E-state index < -0.39 is 27.2 Å². The Labute approximate surface area is 199 Å². The summed E-state index contributed by atoms with van der Waals surface area (Å²) in [5.74, 6) is 0.349. The fourth-order valence-corrected chi connectivity index (χ4v) is 6.47. The van der Waals surface area contributed by atoms with E-state index in [0.717, 1.165) is 46.4 Å². The molecule has 3 aromatic rings. The molecule has 1 fully saturated rings. The molecule has 1 aliphatic heterocycles. The molecule has 0 saturated carbocycles. The number of nitrogens with zero attached hydrogens (tertiary/aromatic N) is 2. The summed E-state index contributed by atoms with van der Waals surface area (Å²) in [6.45, 7) is 1.07. The molecule has 0 bridgehead atoms. The van der Waals surface area contributed by atoms with Crippen molar-refractivity contribution in [2.24, 2.45) is 0 Å². The van der Waals surface area contributed by atoms with E-state index in [1.807, 2.05) is 29.6 Å². The number of rotatable bonds is 7. The molecule has 1 aromatic heterocycles. The number of sulfone groups is 1. The Morgan fingerprint density at radius 2 is 1.65 bits per heavy atom. The maximum absolute atomic E-state index is 13.0. The lowest BCUT2D eigenvalue weighted by molar-refractivity contribution is -0.274. The molecule has 11 heteroatoms. The fraction of sp³-hybridized carbons (Fsp3) is 0.348. The van der Waals surface area contributed by atoms with Gasteiger partial charge in [-0.25, -0.2) is 13.4 Å². The van der Waals surface area contributed by atoms with Gasteiger partial charge in [-0.2, -0.15) is 0 Å². The van der Waals surface area contributed by atoms with Crippen LogP contribution in [0, 0.1) is 0 Å². The monoisotopic (exact) mass is 512 g/mol. The van der Waals surface area contributed by atoms with Crippen molar-refractivity contribution in [1.82, 2.24) is 4.98 Å². The number of piperidine rings is 1. The first kappa shape index (κ1) is 24.3. The van der Waals surface area contributed by atoms with Crippen LogP contribution in [0.4, 0.5) is 18.3 Å². The average molecular weight is 513 g/mol. The van der Waals surface area contributed by atoms with Crippen molar-refractivity contribution in [3.8, 4) is 11.5 Å². The maximum atomic E-state index is 13.0. The zero-order chi connectivity index (χ0) is 24.3. The Morgan fingerprint density at radius 3 is 2.24 bits per heavy atom. The van der Waals surface area contributed by atoms with E-state index in [2.05, 4.69) is 9.64 Å². The second-order valence-corrected chi connectivity index (χ2v) is 11.0. The first-order valence-corrected chi connectivity index (χ1v) is 13.0. The molecule has 0 aliphatic carbocycles. The Balaban J connectivity index is 1.35. The van der Waals surface area contributed by atoms with Crippen LogP contribution in [-0.4, -0.2) is 45.2 Å². The standard InChI is InChI=1S/C23H23F3N2O4S2/c1-31-18-4-2-16(3-5-18)14-17-15-33-22(27-17)28-12-10-21(11-13-28)34(29,30)20-8-6-19(7-9-20)32-23(24,25)26/h2-9,15,21H,10-14H2,1H3. The number of thiazole rings is 1. The molecule has 2 heterocycles. The van der Waals surface area contributed by atoms with Crippen molar-refractivity contribution < 1.29 is 31.1 Å². The molecule has 6 nitrogen and oxygen atoms in total. The first-order valence-electron chi connectivity index (χ1n) is 10.6. The van der Waals surface area contributed by atoms with Gasteiger partial charge in [-0.05, 0) is 54.8 Å². The fourth-order valence-electron chi connectivity index (χ4n) is 3.86. The summed E-state index contributed by atoms with van der Waals surface area (Å²) >= 11 is 1.53. The minimum Gasteiger partial charge on any atom is -0.497 e. The molecule has 0 amide bonds. The molecule has 0 radical (unpaired) electrons. The Hall–Kier alpha value is -2.79. The normalized spacial score (nSPS) is 15.4. The highest BCUT2D eigenvalue weighted by Gasteiger charge is 2.33. The second kappa shape index (κ2) is 9.83. The third-order valence-corrected chi connectivity index (χ3v) is 8.85. The third kappa shape index (κ3) is 5.82. The minimum absolute atomic E-state index is 0.00324. The van der Waals surface area contributed by atoms with Crippen LogP contribution in [0.3, 0.4) is 0 Å². The number of aromatic nitrogens is 1. The number of alkyl halides is 3. The highest BCUT2D eigenvalue weighted by Crippen LogP contribution is 2.31. The van der Waals surface area contributed by atoms with Gasteiger partial charge in [-0.1, -0.05) is 12.1 Å². The van der Waals surface area contributed by atoms with Gasteiger partial charge in [0, 0.05) is 24.9 Å². The highest BCUT2D eigenvalue weighted by molar-refractivity contribution is 7.92. The van der Waals surface area contributed by atoms with Crippen molar-refractivity contribution in [2.45, 2.75) is 35.8 Å². The molecule has 182 valence electrons. The molecule has 0 unspecified atom stereocenters. The van der Waals surface area contributed by atoms with Crippen LogP contribution in [0.25, 0.3) is 0 Å². The average Bonchev–Trinajstić information content (AvgIpc) is 3.27. The van der Waals surface area contributed by atoms with E-state index in [9.17, 15) is 21.6 Å². The van der Waals surface area contributed by atoms with Gasteiger partial charge in [0.1, 0.15) is 11.5 Å². The predicted octanol–water partition coefficient (Wildman–Crippen LogP) is 5.08. The van der Waals surface area contributed by atoms with Crippen molar-refractivity contribution in [3.63, 3.8) is 0 Å². The van der Waals surface area contributed by atoms with Gasteiger partial charge in [0.25, 0.3) is 0 Å². The van der Waals surface area contributed by atoms with E-state index >= 15 is 0 Å². The topological polar surface area (TPSA) is 68.7 Å². The van der Waals surface area contributed by atoms with Gasteiger partial charge in [0.15, 0.2) is 15.0 Å². The van der Waals surface area contributed by atoms with Crippen LogP contribution in [0.5, 0.6) is 11.5 Å². The molecular formula is C23H23F3N2O4S2. The molecule has 0 atom stereocenters. The third-order valence-electron chi connectivity index (χ3n) is 5.62. The summed E-state index contributed by atoms with van der Waals surface area (Å²) in [6, 6.07) is 12.2. The lowest BCUT2D eigenvalue weighted by Crippen LogP contribution is -2.39. The summed E-state index contributed by atoms with van der Waals surface area (Å²) in [6.07, 6.45) is -3.30. The number of benzene rings is 2. The molecule has 4 rings (SSSR count). The van der Waals surface area contributed by atoms with E-state index in [0.29, 0.717) is 32.4 Å². The lowest BCUT2D eigenvalue weighted by atomic mass is 10.1. The van der Waals surface area contributed by atoms with E-state index in [-0.39, 0.29) is 4.90 Å². The van der Waals surface area contributed by atoms with E-state index in [1.165, 1.54) is 11.3 Å². The van der Waals surface area contributed by atoms with Crippen LogP contribution in [0.15, 0.2) is 58.8 Å². The Morgan fingerprint density at radius 1 is 1.03 bits per heavy atom. The predicted molar refractivity (Wildman–Crippen MR) is 123 cm³/mol. The van der Waals surface area contributed by atoms with Gasteiger partial charge < -0.3 is 14.4 Å². The van der Waals surface area contributed by atoms with E-state index in [4.69, 9.17) is 9.72 Å². The van der Waals surface area contributed by atoms with Gasteiger partial charge >= 0.3 is 6.36 Å². The number of halogens is 3. The van der Waals surface area contributed by atoms with Crippen LogP contribution < -0.4 is 14.4 Å². The quantitative estimate of drug-likeness (QED) is 0.440. The molecule has 34 heavy (non-hydrogen) atoms. The molecule has 1 saturated heterocycles. The minimum atomic E-state index is -4.82. The number of methoxy groups -OCH3 is 1. The summed E-state index contributed by atoms with van der Waals surface area (Å²) in [5.41, 5.74) is 2.06. The number of hydrogen-bond donors (Lipinski definition) is 0. The molecule has 0 N–H and O–H groups in total. The van der Waals surface area contributed by atoms with Crippen LogP contribution in [0.2, 0.25) is 0 Å². The van der Waals surface area contributed by atoms with Crippen molar-refractivity contribution in [3.05, 3.63) is 65.2 Å². The Bertz CT molecular complexity index is 1200. The summed E-state index contributed by atoms with van der Waals surface area (Å²) in [7, 11) is -2.04. The largest absolute Gasteiger partial charge is 0.573 e. The van der Waals surface area contributed by atoms with Gasteiger partial charge in [0.2, 0.25) is 0 Å². The van der Waals surface area contributed by atoms with E-state index in [1.54, 1.807) is 7.11 Å². The summed E-state index contributed by atoms with van der Waals surface area (Å²) in [5, 5.41) is 2.26. The molecule has 2 aromatic carbocycles. The van der Waals surface area contributed by atoms with Crippen LogP contribution in [0.1, 0.15) is 24.1 Å². The lowest BCUT2D eigenvalue weighted by Gasteiger charge is -2.31.